The van der Waals surface area contributed by atoms with Gasteiger partial charge in [0.25, 0.3) is 0 Å². The SMILES string of the molecule is CCOC(=O)Cc1cc(Br)c(OC)c2ncccc12. The molecule has 0 aliphatic carbocycles. The number of hydrogen-bond acceptors (Lipinski definition) is 4. The Morgan fingerprint density at radius 2 is 2.26 bits per heavy atom. The molecule has 0 bridgehead atoms. The van der Waals surface area contributed by atoms with Crippen LogP contribution in [0.15, 0.2) is 28.9 Å². The molecule has 2 aromatic rings. The molecule has 1 heterocycles. The van der Waals surface area contributed by atoms with Crippen molar-refractivity contribution in [2.45, 2.75) is 13.3 Å². The van der Waals surface area contributed by atoms with Gasteiger partial charge in [0.15, 0.2) is 5.75 Å². The van der Waals surface area contributed by atoms with E-state index in [-0.39, 0.29) is 12.4 Å². The molecule has 2 rings (SSSR count). The van der Waals surface area contributed by atoms with Crippen LogP contribution in [0.25, 0.3) is 10.9 Å². The van der Waals surface area contributed by atoms with E-state index in [9.17, 15) is 4.79 Å². The van der Waals surface area contributed by atoms with Crippen LogP contribution in [0.4, 0.5) is 0 Å². The molecule has 5 heteroatoms. The fourth-order valence-corrected chi connectivity index (χ4v) is 2.59. The van der Waals surface area contributed by atoms with Crippen molar-refractivity contribution in [1.29, 1.82) is 0 Å². The highest BCUT2D eigenvalue weighted by Gasteiger charge is 2.14. The molecule has 0 atom stereocenters. The Kier molecular flexibility index (Phi) is 4.37. The first-order valence-electron chi connectivity index (χ1n) is 5.93. The van der Waals surface area contributed by atoms with Crippen molar-refractivity contribution < 1.29 is 14.3 Å². The summed E-state index contributed by atoms with van der Waals surface area (Å²) in [5.41, 5.74) is 1.60. The highest BCUT2D eigenvalue weighted by atomic mass is 79.9. The van der Waals surface area contributed by atoms with Crippen LogP contribution in [0.2, 0.25) is 0 Å². The summed E-state index contributed by atoms with van der Waals surface area (Å²) in [6.45, 7) is 2.17. The molecule has 0 unspecified atom stereocenters. The quantitative estimate of drug-likeness (QED) is 0.811. The summed E-state index contributed by atoms with van der Waals surface area (Å²) in [4.78, 5) is 16.0. The van der Waals surface area contributed by atoms with Gasteiger partial charge < -0.3 is 9.47 Å². The van der Waals surface area contributed by atoms with Gasteiger partial charge in [-0.2, -0.15) is 0 Å². The number of benzene rings is 1. The van der Waals surface area contributed by atoms with Gasteiger partial charge in [0, 0.05) is 11.6 Å². The predicted molar refractivity (Wildman–Crippen MR) is 76.3 cm³/mol. The number of carbonyl (C=O) groups excluding carboxylic acids is 1. The number of hydrogen-bond donors (Lipinski definition) is 0. The summed E-state index contributed by atoms with van der Waals surface area (Å²) in [7, 11) is 1.60. The third-order valence-corrected chi connectivity index (χ3v) is 3.32. The largest absolute Gasteiger partial charge is 0.493 e. The lowest BCUT2D eigenvalue weighted by molar-refractivity contribution is -0.142. The third-order valence-electron chi connectivity index (χ3n) is 2.73. The zero-order chi connectivity index (χ0) is 13.8. The molecular formula is C14H14BrNO3. The minimum atomic E-state index is -0.246. The first-order valence-corrected chi connectivity index (χ1v) is 6.72. The Balaban J connectivity index is 2.53. The van der Waals surface area contributed by atoms with E-state index in [4.69, 9.17) is 9.47 Å². The summed E-state index contributed by atoms with van der Waals surface area (Å²) in [5, 5.41) is 0.899. The molecule has 19 heavy (non-hydrogen) atoms. The van der Waals surface area contributed by atoms with Crippen LogP contribution in [0.1, 0.15) is 12.5 Å². The van der Waals surface area contributed by atoms with Gasteiger partial charge in [-0.25, -0.2) is 0 Å². The number of methoxy groups -OCH3 is 1. The molecule has 0 fully saturated rings. The second-order valence-corrected chi connectivity index (χ2v) is 4.79. The number of ether oxygens (including phenoxy) is 2. The maximum Gasteiger partial charge on any atom is 0.310 e. The summed E-state index contributed by atoms with van der Waals surface area (Å²) in [6.07, 6.45) is 1.92. The fourth-order valence-electron chi connectivity index (χ4n) is 1.96. The van der Waals surface area contributed by atoms with Gasteiger partial charge in [0.05, 0.1) is 24.6 Å². The number of halogens is 1. The van der Waals surface area contributed by atoms with Crippen molar-refractivity contribution in [3.05, 3.63) is 34.4 Å². The topological polar surface area (TPSA) is 48.4 Å². The summed E-state index contributed by atoms with van der Waals surface area (Å²) >= 11 is 3.44. The number of rotatable bonds is 4. The van der Waals surface area contributed by atoms with E-state index >= 15 is 0 Å². The third kappa shape index (κ3) is 2.87. The maximum atomic E-state index is 11.6. The van der Waals surface area contributed by atoms with E-state index in [1.807, 2.05) is 18.2 Å². The minimum absolute atomic E-state index is 0.221. The van der Waals surface area contributed by atoms with Crippen molar-refractivity contribution in [3.8, 4) is 5.75 Å². The lowest BCUT2D eigenvalue weighted by atomic mass is 10.0. The van der Waals surface area contributed by atoms with Gasteiger partial charge in [0.1, 0.15) is 5.52 Å². The molecule has 4 nitrogen and oxygen atoms in total. The second kappa shape index (κ2) is 6.02. The average Bonchev–Trinajstić information content (AvgIpc) is 2.39. The van der Waals surface area contributed by atoms with Crippen LogP contribution >= 0.6 is 15.9 Å². The van der Waals surface area contributed by atoms with Crippen LogP contribution < -0.4 is 4.74 Å². The Labute approximate surface area is 119 Å². The molecule has 1 aromatic heterocycles. The molecule has 100 valence electrons. The smallest absolute Gasteiger partial charge is 0.310 e. The summed E-state index contributed by atoms with van der Waals surface area (Å²) < 4.78 is 11.1. The normalized spacial score (nSPS) is 10.5. The van der Waals surface area contributed by atoms with Gasteiger partial charge in [-0.05, 0) is 40.5 Å². The number of pyridine rings is 1. The predicted octanol–water partition coefficient (Wildman–Crippen LogP) is 3.11. The van der Waals surface area contributed by atoms with Crippen molar-refractivity contribution in [1.82, 2.24) is 4.98 Å². The summed E-state index contributed by atoms with van der Waals surface area (Å²) in [6, 6.07) is 5.63. The highest BCUT2D eigenvalue weighted by molar-refractivity contribution is 9.10. The van der Waals surface area contributed by atoms with E-state index in [2.05, 4.69) is 20.9 Å². The van der Waals surface area contributed by atoms with Gasteiger partial charge >= 0.3 is 5.97 Å². The Morgan fingerprint density at radius 1 is 1.47 bits per heavy atom. The van der Waals surface area contributed by atoms with E-state index in [1.54, 1.807) is 20.2 Å². The highest BCUT2D eigenvalue weighted by Crippen LogP contribution is 2.34. The summed E-state index contributed by atoms with van der Waals surface area (Å²) in [5.74, 6) is 0.424. The van der Waals surface area contributed by atoms with E-state index in [0.29, 0.717) is 12.4 Å². The number of esters is 1. The van der Waals surface area contributed by atoms with Crippen LogP contribution in [-0.4, -0.2) is 24.7 Å². The van der Waals surface area contributed by atoms with Crippen LogP contribution in [0.5, 0.6) is 5.75 Å². The zero-order valence-corrected chi connectivity index (χ0v) is 12.4. The van der Waals surface area contributed by atoms with Crippen LogP contribution in [-0.2, 0) is 16.0 Å². The Bertz CT molecular complexity index is 613. The molecule has 0 saturated heterocycles. The van der Waals surface area contributed by atoms with Crippen molar-refractivity contribution in [2.24, 2.45) is 0 Å². The lowest BCUT2D eigenvalue weighted by Crippen LogP contribution is -2.08. The number of aromatic nitrogens is 1. The maximum absolute atomic E-state index is 11.6. The molecular weight excluding hydrogens is 310 g/mol. The average molecular weight is 324 g/mol. The molecule has 0 aliphatic rings. The first kappa shape index (κ1) is 13.8. The fraction of sp³-hybridized carbons (Fsp3) is 0.286. The van der Waals surface area contributed by atoms with Gasteiger partial charge in [-0.1, -0.05) is 6.07 Å². The van der Waals surface area contributed by atoms with Gasteiger partial charge in [-0.3, -0.25) is 9.78 Å². The molecule has 0 saturated carbocycles. The number of fused-ring (bicyclic) bond motifs is 1. The van der Waals surface area contributed by atoms with Gasteiger partial charge in [0.2, 0.25) is 0 Å². The van der Waals surface area contributed by atoms with Crippen molar-refractivity contribution >= 4 is 32.8 Å². The molecule has 1 aromatic carbocycles. The van der Waals surface area contributed by atoms with Crippen molar-refractivity contribution in [2.75, 3.05) is 13.7 Å². The Hall–Kier alpha value is -1.62. The molecule has 0 N–H and O–H groups in total. The van der Waals surface area contributed by atoms with Crippen LogP contribution in [0, 0.1) is 0 Å². The molecule has 0 radical (unpaired) electrons. The monoisotopic (exact) mass is 323 g/mol. The van der Waals surface area contributed by atoms with Crippen molar-refractivity contribution in [3.63, 3.8) is 0 Å². The molecule has 0 amide bonds. The Morgan fingerprint density at radius 3 is 2.95 bits per heavy atom. The minimum Gasteiger partial charge on any atom is -0.493 e. The second-order valence-electron chi connectivity index (χ2n) is 3.93. The van der Waals surface area contributed by atoms with E-state index in [1.165, 1.54) is 0 Å². The molecule has 0 aliphatic heterocycles. The zero-order valence-electron chi connectivity index (χ0n) is 10.8. The number of carbonyl (C=O) groups is 1. The lowest BCUT2D eigenvalue weighted by Gasteiger charge is -2.11. The van der Waals surface area contributed by atoms with E-state index < -0.39 is 0 Å². The standard InChI is InChI=1S/C14H14BrNO3/c1-3-19-12(17)8-9-7-11(15)14(18-2)13-10(9)5-4-6-16-13/h4-7H,3,8H2,1-2H3. The van der Waals surface area contributed by atoms with E-state index in [0.717, 1.165) is 20.9 Å². The van der Waals surface area contributed by atoms with Gasteiger partial charge in [-0.15, -0.1) is 0 Å². The molecule has 0 spiro atoms. The first-order chi connectivity index (χ1) is 9.17. The number of nitrogens with zero attached hydrogens (tertiary/aromatic N) is 1. The van der Waals surface area contributed by atoms with Crippen LogP contribution in [0.3, 0.4) is 0 Å².